The average Bonchev–Trinajstić information content (AvgIpc) is 2.85. The predicted octanol–water partition coefficient (Wildman–Crippen LogP) is 6.38. The molecule has 1 nitrogen and oxygen atoms in total. The van der Waals surface area contributed by atoms with Gasteiger partial charge in [-0.2, -0.15) is 0 Å². The maximum absolute atomic E-state index is 6.11. The molecule has 0 amide bonds. The molecule has 0 bridgehead atoms. The molecule has 32 heavy (non-hydrogen) atoms. The molecule has 0 radical (unpaired) electrons. The molecular weight excluding hydrogens is 433 g/mol. The number of hydrogen-bond acceptors (Lipinski definition) is 1. The Morgan fingerprint density at radius 3 is 2.19 bits per heavy atom. The summed E-state index contributed by atoms with van der Waals surface area (Å²) in [5.41, 5.74) is 8.48. The second-order valence-corrected chi connectivity index (χ2v) is 8.43. The van der Waals surface area contributed by atoms with Gasteiger partial charge in [0.2, 0.25) is 0 Å². The van der Waals surface area contributed by atoms with Gasteiger partial charge in [0.25, 0.3) is 0 Å². The highest BCUT2D eigenvalue weighted by Crippen LogP contribution is 2.27. The van der Waals surface area contributed by atoms with Crippen molar-refractivity contribution >= 4 is 35.7 Å². The van der Waals surface area contributed by atoms with Gasteiger partial charge in [-0.05, 0) is 93.8 Å². The summed E-state index contributed by atoms with van der Waals surface area (Å²) < 4.78 is 0. The van der Waals surface area contributed by atoms with E-state index >= 15 is 0 Å². The van der Waals surface area contributed by atoms with E-state index in [4.69, 9.17) is 11.6 Å². The van der Waals surface area contributed by atoms with Crippen LogP contribution in [0.1, 0.15) is 29.5 Å². The van der Waals surface area contributed by atoms with E-state index in [0.717, 1.165) is 17.9 Å². The van der Waals surface area contributed by atoms with Crippen LogP contribution in [0.25, 0.3) is 22.8 Å². The topological polar surface area (TPSA) is 12.9 Å². The molecule has 1 heterocycles. The van der Waals surface area contributed by atoms with Crippen molar-refractivity contribution in [2.75, 3.05) is 0 Å². The zero-order valence-electron chi connectivity index (χ0n) is 17.8. The van der Waals surface area contributed by atoms with Crippen molar-refractivity contribution in [1.29, 1.82) is 0 Å². The highest BCUT2D eigenvalue weighted by Gasteiger charge is 2.17. The summed E-state index contributed by atoms with van der Waals surface area (Å²) in [6.45, 7) is 0. The van der Waals surface area contributed by atoms with Crippen molar-refractivity contribution < 1.29 is 0 Å². The van der Waals surface area contributed by atoms with Crippen molar-refractivity contribution in [3.63, 3.8) is 0 Å². The van der Waals surface area contributed by atoms with Crippen LogP contribution in [0.5, 0.6) is 0 Å². The minimum atomic E-state index is 0. The van der Waals surface area contributed by atoms with Gasteiger partial charge >= 0.3 is 0 Å². The molecule has 0 atom stereocenters. The first kappa shape index (κ1) is 22.3. The Balaban J connectivity index is 0.000000306. The summed E-state index contributed by atoms with van der Waals surface area (Å²) in [5, 5.41) is 3.71. The minimum absolute atomic E-state index is 0. The van der Waals surface area contributed by atoms with E-state index in [1.165, 1.54) is 56.7 Å². The second kappa shape index (κ2) is 10.2. The van der Waals surface area contributed by atoms with E-state index in [1.807, 2.05) is 30.3 Å². The highest BCUT2D eigenvalue weighted by atomic mass is 35.5. The number of halogens is 2. The Morgan fingerprint density at radius 2 is 1.47 bits per heavy atom. The summed E-state index contributed by atoms with van der Waals surface area (Å²) in [5.74, 6) is 0. The number of hydrogen-bond donors (Lipinski definition) is 0. The summed E-state index contributed by atoms with van der Waals surface area (Å²) in [4.78, 5) is 3.78. The molecule has 0 unspecified atom stereocenters. The van der Waals surface area contributed by atoms with Gasteiger partial charge in [0.1, 0.15) is 0 Å². The molecule has 3 heteroatoms. The van der Waals surface area contributed by atoms with Crippen molar-refractivity contribution in [2.45, 2.75) is 25.7 Å². The fourth-order valence-electron chi connectivity index (χ4n) is 4.68. The third kappa shape index (κ3) is 4.50. The van der Waals surface area contributed by atoms with Crippen LogP contribution in [-0.4, -0.2) is 4.98 Å². The highest BCUT2D eigenvalue weighted by molar-refractivity contribution is 6.30. The summed E-state index contributed by atoms with van der Waals surface area (Å²) >= 11 is 6.11. The Labute approximate surface area is 200 Å². The standard InChI is InChI=1S/C24H19Cl.C5H5N.ClH/c25-19-12-8-17(9-13-19)21-7-3-5-18-11-14-22-20-6-2-1-4-16(20)10-15-23(22)24(18)21;1-2-4-6-5-3-1;/h1-2,4,6,8-9,11-15H,3,5,7,10H2;1-5H;1H. The van der Waals surface area contributed by atoms with E-state index in [0.29, 0.717) is 0 Å². The first-order valence-electron chi connectivity index (χ1n) is 10.9. The predicted molar refractivity (Wildman–Crippen MR) is 138 cm³/mol. The van der Waals surface area contributed by atoms with Crippen molar-refractivity contribution in [3.05, 3.63) is 123 Å². The molecule has 1 aromatic heterocycles. The number of nitrogens with zero attached hydrogens (tertiary/aromatic N) is 1. The van der Waals surface area contributed by atoms with Gasteiger partial charge in [0.15, 0.2) is 0 Å². The Bertz CT molecular complexity index is 1300. The van der Waals surface area contributed by atoms with Gasteiger partial charge in [0, 0.05) is 17.4 Å². The third-order valence-electron chi connectivity index (χ3n) is 6.10. The van der Waals surface area contributed by atoms with E-state index in [-0.39, 0.29) is 12.4 Å². The van der Waals surface area contributed by atoms with Crippen LogP contribution in [0, 0.1) is 0 Å². The SMILES string of the molecule is Cl.Clc1ccc(C2=c3c(ccc4c3=CCc3ccccc3-4)CCC2)cc1.c1ccncc1. The van der Waals surface area contributed by atoms with Gasteiger partial charge in [-0.25, -0.2) is 0 Å². The van der Waals surface area contributed by atoms with Crippen LogP contribution >= 0.6 is 24.0 Å². The van der Waals surface area contributed by atoms with E-state index in [1.54, 1.807) is 12.4 Å². The molecule has 0 N–H and O–H groups in total. The normalized spacial score (nSPS) is 13.2. The zero-order valence-corrected chi connectivity index (χ0v) is 19.4. The number of pyridine rings is 1. The molecule has 2 aliphatic carbocycles. The largest absolute Gasteiger partial charge is 0.265 e. The molecule has 0 aliphatic heterocycles. The van der Waals surface area contributed by atoms with Crippen LogP contribution < -0.4 is 10.4 Å². The zero-order chi connectivity index (χ0) is 21.0. The smallest absolute Gasteiger partial charge is 0.0406 e. The van der Waals surface area contributed by atoms with Gasteiger partial charge in [-0.1, -0.05) is 72.3 Å². The minimum Gasteiger partial charge on any atom is -0.265 e. The summed E-state index contributed by atoms with van der Waals surface area (Å²) in [6.07, 6.45) is 10.5. The lowest BCUT2D eigenvalue weighted by molar-refractivity contribution is 0.818. The quantitative estimate of drug-likeness (QED) is 0.323. The number of rotatable bonds is 1. The van der Waals surface area contributed by atoms with Crippen LogP contribution in [0.15, 0.2) is 91.3 Å². The molecule has 0 saturated carbocycles. The van der Waals surface area contributed by atoms with Crippen LogP contribution in [0.4, 0.5) is 0 Å². The number of benzene rings is 3. The lowest BCUT2D eigenvalue weighted by Crippen LogP contribution is -2.36. The molecule has 3 aromatic carbocycles. The van der Waals surface area contributed by atoms with Crippen LogP contribution in [0.3, 0.4) is 0 Å². The molecule has 0 saturated heterocycles. The van der Waals surface area contributed by atoms with Crippen molar-refractivity contribution in [3.8, 4) is 11.1 Å². The van der Waals surface area contributed by atoms with Crippen molar-refractivity contribution in [1.82, 2.24) is 4.98 Å². The van der Waals surface area contributed by atoms with E-state index in [9.17, 15) is 0 Å². The summed E-state index contributed by atoms with van der Waals surface area (Å²) in [7, 11) is 0. The maximum Gasteiger partial charge on any atom is 0.0406 e. The molecule has 6 rings (SSSR count). The average molecular weight is 458 g/mol. The second-order valence-electron chi connectivity index (χ2n) is 7.99. The fourth-order valence-corrected chi connectivity index (χ4v) is 4.81. The van der Waals surface area contributed by atoms with Gasteiger partial charge < -0.3 is 0 Å². The number of fused-ring (bicyclic) bond motifs is 5. The number of aryl methyl sites for hydroxylation is 1. The Hall–Kier alpha value is -2.87. The molecule has 0 fully saturated rings. The van der Waals surface area contributed by atoms with E-state index in [2.05, 4.69) is 59.6 Å². The monoisotopic (exact) mass is 457 g/mol. The molecule has 160 valence electrons. The van der Waals surface area contributed by atoms with E-state index < -0.39 is 0 Å². The first-order valence-corrected chi connectivity index (χ1v) is 11.2. The Morgan fingerprint density at radius 1 is 0.688 bits per heavy atom. The first-order chi connectivity index (χ1) is 15.3. The Kier molecular flexibility index (Phi) is 7.09. The van der Waals surface area contributed by atoms with Crippen molar-refractivity contribution in [2.24, 2.45) is 0 Å². The van der Waals surface area contributed by atoms with Crippen LogP contribution in [-0.2, 0) is 12.8 Å². The van der Waals surface area contributed by atoms with Crippen LogP contribution in [0.2, 0.25) is 5.02 Å². The van der Waals surface area contributed by atoms with Gasteiger partial charge in [0.05, 0.1) is 0 Å². The molecular formula is C29H25Cl2N. The third-order valence-corrected chi connectivity index (χ3v) is 6.35. The van der Waals surface area contributed by atoms with Gasteiger partial charge in [-0.3, -0.25) is 4.98 Å². The van der Waals surface area contributed by atoms with Gasteiger partial charge in [-0.15, -0.1) is 12.4 Å². The lowest BCUT2D eigenvalue weighted by atomic mass is 9.83. The number of aromatic nitrogens is 1. The maximum atomic E-state index is 6.11. The molecule has 2 aliphatic rings. The molecule has 0 spiro atoms. The fraction of sp³-hybridized carbons (Fsp3) is 0.138. The summed E-state index contributed by atoms with van der Waals surface area (Å²) in [6, 6.07) is 27.5. The molecule has 4 aromatic rings. The lowest BCUT2D eigenvalue weighted by Gasteiger charge is -2.21.